The molecule has 0 aromatic heterocycles. The average molecular weight is 105 g/mol. The summed E-state index contributed by atoms with van der Waals surface area (Å²) < 4.78 is 7.88. The van der Waals surface area contributed by atoms with Gasteiger partial charge in [0.05, 0.1) is 18.8 Å². The molecule has 6 heavy (non-hydrogen) atoms. The van der Waals surface area contributed by atoms with E-state index in [1.807, 2.05) is 0 Å². The van der Waals surface area contributed by atoms with Gasteiger partial charge < -0.3 is 0 Å². The maximum atomic E-state index is 4.86. The first-order valence-electron chi connectivity index (χ1n) is 1.93. The minimum Gasteiger partial charge on any atom is -0.300 e. The number of rotatable bonds is 0. The molecule has 36 valence electrons. The molecule has 1 saturated heterocycles. The molecule has 1 atom stereocenters. The summed E-state index contributed by atoms with van der Waals surface area (Å²) in [5.74, 6) is 0. The van der Waals surface area contributed by atoms with Gasteiger partial charge in [0, 0.05) is 6.04 Å². The predicted octanol–water partition coefficient (Wildman–Crippen LogP) is 0.558. The molecule has 1 aliphatic heterocycles. The van der Waals surface area contributed by atoms with E-state index in [4.69, 9.17) is 4.18 Å². The Bertz CT molecular complexity index is 44.1. The summed E-state index contributed by atoms with van der Waals surface area (Å²) in [6.07, 6.45) is 0. The Morgan fingerprint density at radius 2 is 2.83 bits per heavy atom. The fourth-order valence-electron chi connectivity index (χ4n) is 0.286. The second-order valence-corrected chi connectivity index (χ2v) is 2.02. The van der Waals surface area contributed by atoms with Crippen LogP contribution in [-0.4, -0.2) is 12.6 Å². The number of hydrogen-bond donors (Lipinski definition) is 1. The molecule has 0 bridgehead atoms. The van der Waals surface area contributed by atoms with Gasteiger partial charge in [0.1, 0.15) is 0 Å². The molecule has 0 aromatic rings. The quantitative estimate of drug-likeness (QED) is 0.359. The van der Waals surface area contributed by atoms with Crippen LogP contribution in [0.5, 0.6) is 0 Å². The molecule has 1 heterocycles. The highest BCUT2D eigenvalue weighted by Crippen LogP contribution is 2.07. The molecule has 0 spiro atoms. The van der Waals surface area contributed by atoms with E-state index >= 15 is 0 Å². The lowest BCUT2D eigenvalue weighted by molar-refractivity contribution is 0.380. The van der Waals surface area contributed by atoms with Crippen molar-refractivity contribution in [3.63, 3.8) is 0 Å². The fourth-order valence-corrected chi connectivity index (χ4v) is 0.859. The van der Waals surface area contributed by atoms with Crippen molar-refractivity contribution in [3.8, 4) is 0 Å². The van der Waals surface area contributed by atoms with Gasteiger partial charge in [-0.05, 0) is 6.92 Å². The van der Waals surface area contributed by atoms with Gasteiger partial charge in [-0.3, -0.25) is 4.18 Å². The highest BCUT2D eigenvalue weighted by molar-refractivity contribution is 7.92. The molecule has 0 amide bonds. The largest absolute Gasteiger partial charge is 0.300 e. The van der Waals surface area contributed by atoms with Crippen LogP contribution in [0.1, 0.15) is 6.92 Å². The zero-order chi connectivity index (χ0) is 4.41. The van der Waals surface area contributed by atoms with Crippen LogP contribution in [0.3, 0.4) is 0 Å². The van der Waals surface area contributed by atoms with Gasteiger partial charge in [0.2, 0.25) is 0 Å². The lowest BCUT2D eigenvalue weighted by atomic mass is 10.4. The first-order valence-corrected chi connectivity index (χ1v) is 2.68. The van der Waals surface area contributed by atoms with Gasteiger partial charge in [-0.2, -0.15) is 0 Å². The van der Waals surface area contributed by atoms with Crippen molar-refractivity contribution in [1.29, 1.82) is 0 Å². The molecule has 1 rings (SSSR count). The second kappa shape index (κ2) is 1.82. The van der Waals surface area contributed by atoms with Crippen LogP contribution < -0.4 is 4.72 Å². The van der Waals surface area contributed by atoms with E-state index < -0.39 is 0 Å². The van der Waals surface area contributed by atoms with Gasteiger partial charge >= 0.3 is 0 Å². The summed E-state index contributed by atoms with van der Waals surface area (Å²) in [5, 5.41) is 0. The van der Waals surface area contributed by atoms with E-state index in [0.29, 0.717) is 6.04 Å². The van der Waals surface area contributed by atoms with Gasteiger partial charge in [-0.15, -0.1) is 0 Å². The molecule has 1 N–H and O–H groups in total. The van der Waals surface area contributed by atoms with Crippen LogP contribution in [0.15, 0.2) is 0 Å². The van der Waals surface area contributed by atoms with Crippen molar-refractivity contribution in [1.82, 2.24) is 4.72 Å². The Morgan fingerprint density at radius 1 is 2.00 bits per heavy atom. The predicted molar refractivity (Wildman–Crippen MR) is 26.1 cm³/mol. The third-order valence-electron chi connectivity index (χ3n) is 0.626. The fraction of sp³-hybridized carbons (Fsp3) is 1.00. The number of hydrogen-bond acceptors (Lipinski definition) is 3. The van der Waals surface area contributed by atoms with Crippen LogP contribution in [-0.2, 0) is 4.18 Å². The van der Waals surface area contributed by atoms with Crippen molar-refractivity contribution >= 4 is 12.2 Å². The topological polar surface area (TPSA) is 21.3 Å². The van der Waals surface area contributed by atoms with Crippen molar-refractivity contribution in [2.75, 3.05) is 6.61 Å². The molecule has 1 aliphatic rings. The Balaban J connectivity index is 2.18. The third-order valence-corrected chi connectivity index (χ3v) is 1.38. The van der Waals surface area contributed by atoms with Gasteiger partial charge in [0.25, 0.3) is 0 Å². The van der Waals surface area contributed by atoms with Crippen LogP contribution in [0.25, 0.3) is 0 Å². The third kappa shape index (κ3) is 0.864. The summed E-state index contributed by atoms with van der Waals surface area (Å²) in [7, 11) is 0. The summed E-state index contributed by atoms with van der Waals surface area (Å²) in [4.78, 5) is 0. The van der Waals surface area contributed by atoms with Crippen molar-refractivity contribution < 1.29 is 4.18 Å². The lowest BCUT2D eigenvalue weighted by Gasteiger charge is -1.89. The minimum absolute atomic E-state index is 0.537. The van der Waals surface area contributed by atoms with Crippen molar-refractivity contribution in [2.24, 2.45) is 0 Å². The highest BCUT2D eigenvalue weighted by atomic mass is 32.2. The maximum Gasteiger partial charge on any atom is 0.0792 e. The molecule has 3 heteroatoms. The molecular weight excluding hydrogens is 98.1 g/mol. The maximum absolute atomic E-state index is 4.86. The molecule has 2 nitrogen and oxygen atoms in total. The lowest BCUT2D eigenvalue weighted by Crippen LogP contribution is -2.13. The summed E-state index contributed by atoms with van der Waals surface area (Å²) >= 11 is 1.33. The standard InChI is InChI=1S/C3H7NOS/c1-3-2-5-6-4-3/h3-4H,2H2,1H3. The average Bonchev–Trinajstić information content (AvgIpc) is 1.86. The summed E-state index contributed by atoms with van der Waals surface area (Å²) in [5.41, 5.74) is 0. The van der Waals surface area contributed by atoms with E-state index in [2.05, 4.69) is 11.6 Å². The Morgan fingerprint density at radius 3 is 3.00 bits per heavy atom. The summed E-state index contributed by atoms with van der Waals surface area (Å²) in [6.45, 7) is 2.92. The van der Waals surface area contributed by atoms with Gasteiger partial charge in [-0.25, -0.2) is 4.72 Å². The number of nitrogens with one attached hydrogen (secondary N) is 1. The SMILES string of the molecule is CC1COSN1. The van der Waals surface area contributed by atoms with Crippen LogP contribution >= 0.6 is 12.2 Å². The second-order valence-electron chi connectivity index (χ2n) is 1.39. The van der Waals surface area contributed by atoms with E-state index in [9.17, 15) is 0 Å². The van der Waals surface area contributed by atoms with Crippen molar-refractivity contribution in [3.05, 3.63) is 0 Å². The van der Waals surface area contributed by atoms with E-state index in [1.54, 1.807) is 0 Å². The van der Waals surface area contributed by atoms with E-state index in [0.717, 1.165) is 6.61 Å². The Kier molecular flexibility index (Phi) is 1.34. The molecule has 0 aliphatic carbocycles. The molecule has 1 fully saturated rings. The molecule has 0 saturated carbocycles. The minimum atomic E-state index is 0.537. The van der Waals surface area contributed by atoms with Gasteiger partial charge in [0.15, 0.2) is 0 Å². The zero-order valence-electron chi connectivity index (χ0n) is 3.60. The Labute approximate surface area is 41.6 Å². The molecular formula is C3H7NOS. The van der Waals surface area contributed by atoms with E-state index in [-0.39, 0.29) is 0 Å². The van der Waals surface area contributed by atoms with Crippen LogP contribution in [0, 0.1) is 0 Å². The van der Waals surface area contributed by atoms with E-state index in [1.165, 1.54) is 12.2 Å². The molecule has 0 aromatic carbocycles. The Hall–Kier alpha value is 0.270. The first-order chi connectivity index (χ1) is 2.89. The highest BCUT2D eigenvalue weighted by Gasteiger charge is 2.07. The van der Waals surface area contributed by atoms with Crippen LogP contribution in [0.2, 0.25) is 0 Å². The monoisotopic (exact) mass is 105 g/mol. The van der Waals surface area contributed by atoms with Gasteiger partial charge in [-0.1, -0.05) is 0 Å². The zero-order valence-corrected chi connectivity index (χ0v) is 4.42. The first kappa shape index (κ1) is 4.43. The molecule has 0 radical (unpaired) electrons. The smallest absolute Gasteiger partial charge is 0.0792 e. The summed E-state index contributed by atoms with van der Waals surface area (Å²) in [6, 6.07) is 0.537. The van der Waals surface area contributed by atoms with Crippen LogP contribution in [0.4, 0.5) is 0 Å². The molecule has 1 unspecified atom stereocenters. The normalized spacial score (nSPS) is 34.5. The van der Waals surface area contributed by atoms with Crippen molar-refractivity contribution in [2.45, 2.75) is 13.0 Å².